The van der Waals surface area contributed by atoms with Crippen LogP contribution in [-0.4, -0.2) is 76.8 Å². The van der Waals surface area contributed by atoms with Crippen LogP contribution in [0.3, 0.4) is 0 Å². The van der Waals surface area contributed by atoms with Crippen LogP contribution >= 0.6 is 0 Å². The van der Waals surface area contributed by atoms with Gasteiger partial charge in [-0.3, -0.25) is 9.59 Å². The van der Waals surface area contributed by atoms with Crippen molar-refractivity contribution >= 4 is 17.4 Å². The van der Waals surface area contributed by atoms with Crippen LogP contribution in [0.15, 0.2) is 35.9 Å². The van der Waals surface area contributed by atoms with Crippen LogP contribution in [0.2, 0.25) is 0 Å². The molecule has 206 valence electrons. The second kappa shape index (κ2) is 12.2. The van der Waals surface area contributed by atoms with E-state index >= 15 is 0 Å². The summed E-state index contributed by atoms with van der Waals surface area (Å²) in [6.07, 6.45) is 0. The number of ether oxygens (including phenoxy) is 4. The number of nitrogens with zero attached hydrogens (tertiary/aromatic N) is 1. The maximum atomic E-state index is 13.4. The van der Waals surface area contributed by atoms with E-state index in [-0.39, 0.29) is 11.3 Å². The van der Waals surface area contributed by atoms with Gasteiger partial charge in [0.1, 0.15) is 11.5 Å². The number of aliphatic hydroxyl groups is 1. The van der Waals surface area contributed by atoms with Gasteiger partial charge in [-0.05, 0) is 54.3 Å². The van der Waals surface area contributed by atoms with Gasteiger partial charge < -0.3 is 33.9 Å². The number of Topliss-reactive ketones (excluding diaryl/α,β-unsaturated/α-hetero) is 1. The molecular weight excluding hydrogens is 488 g/mol. The standard InChI is InChI=1S/C29H38N2O7/c1-17(2)16-38-21-10-9-19(13-18(21)3)26(32)24-25(31(12-11-30(4)5)29(34)27(24)33)20-14-22(35-6)28(37-8)23(15-20)36-7/h9-10,13-15,17,25,32H,11-12,16H2,1-8H3/p+1. The van der Waals surface area contributed by atoms with Crippen LogP contribution in [0.4, 0.5) is 0 Å². The number of amides is 1. The first-order valence-electron chi connectivity index (χ1n) is 12.6. The normalized spacial score (nSPS) is 16.9. The zero-order chi connectivity index (χ0) is 28.1. The zero-order valence-electron chi connectivity index (χ0n) is 23.5. The Kier molecular flexibility index (Phi) is 9.27. The highest BCUT2D eigenvalue weighted by molar-refractivity contribution is 6.46. The predicted octanol–water partition coefficient (Wildman–Crippen LogP) is 2.62. The summed E-state index contributed by atoms with van der Waals surface area (Å²) in [6, 6.07) is 7.78. The maximum absolute atomic E-state index is 13.4. The van der Waals surface area contributed by atoms with Crippen molar-refractivity contribution in [3.05, 3.63) is 52.6 Å². The molecule has 1 amide bonds. The molecule has 9 nitrogen and oxygen atoms in total. The molecule has 0 radical (unpaired) electrons. The summed E-state index contributed by atoms with van der Waals surface area (Å²) in [4.78, 5) is 29.3. The van der Waals surface area contributed by atoms with E-state index in [1.807, 2.05) is 21.0 Å². The third kappa shape index (κ3) is 5.88. The molecule has 1 atom stereocenters. The Hall–Kier alpha value is -3.72. The number of carbonyl (C=O) groups is 2. The second-order valence-electron chi connectivity index (χ2n) is 10.1. The monoisotopic (exact) mass is 527 g/mol. The summed E-state index contributed by atoms with van der Waals surface area (Å²) >= 11 is 0. The molecule has 2 N–H and O–H groups in total. The molecule has 3 rings (SSSR count). The molecule has 1 heterocycles. The first-order valence-corrected chi connectivity index (χ1v) is 12.6. The van der Waals surface area contributed by atoms with Crippen molar-refractivity contribution in [1.29, 1.82) is 0 Å². The number of likely N-dealkylation sites (tertiary alicyclic amines) is 1. The number of nitrogens with one attached hydrogen (secondary N) is 1. The van der Waals surface area contributed by atoms with Gasteiger partial charge in [0.25, 0.3) is 11.7 Å². The van der Waals surface area contributed by atoms with E-state index in [2.05, 4.69) is 13.8 Å². The van der Waals surface area contributed by atoms with Gasteiger partial charge in [-0.1, -0.05) is 13.8 Å². The number of quaternary nitrogens is 1. The van der Waals surface area contributed by atoms with Crippen molar-refractivity contribution in [1.82, 2.24) is 4.90 Å². The summed E-state index contributed by atoms with van der Waals surface area (Å²) in [5.74, 6) is 0.558. The van der Waals surface area contributed by atoms with Crippen LogP contribution in [0, 0.1) is 12.8 Å². The number of hydrogen-bond donors (Lipinski definition) is 2. The Labute approximate surface area is 224 Å². The third-order valence-corrected chi connectivity index (χ3v) is 6.42. The minimum atomic E-state index is -0.847. The van der Waals surface area contributed by atoms with Crippen molar-refractivity contribution in [3.8, 4) is 23.0 Å². The van der Waals surface area contributed by atoms with Gasteiger partial charge in [0.05, 0.1) is 66.7 Å². The first kappa shape index (κ1) is 28.8. The zero-order valence-corrected chi connectivity index (χ0v) is 23.5. The number of hydrogen-bond acceptors (Lipinski definition) is 7. The molecule has 0 saturated carbocycles. The average molecular weight is 528 g/mol. The molecule has 1 aliphatic rings. The number of rotatable bonds is 11. The van der Waals surface area contributed by atoms with E-state index in [0.717, 1.165) is 10.5 Å². The van der Waals surface area contributed by atoms with E-state index in [4.69, 9.17) is 18.9 Å². The lowest BCUT2D eigenvalue weighted by molar-refractivity contribution is -0.857. The van der Waals surface area contributed by atoms with Gasteiger partial charge in [0.2, 0.25) is 5.75 Å². The van der Waals surface area contributed by atoms with Crippen LogP contribution in [0.1, 0.15) is 36.6 Å². The Morgan fingerprint density at radius 1 is 1.00 bits per heavy atom. The van der Waals surface area contributed by atoms with Crippen molar-refractivity contribution < 1.29 is 38.5 Å². The molecule has 2 aromatic carbocycles. The highest BCUT2D eigenvalue weighted by atomic mass is 16.5. The number of carbonyl (C=O) groups excluding carboxylic acids is 2. The fourth-order valence-electron chi connectivity index (χ4n) is 4.43. The predicted molar refractivity (Wildman–Crippen MR) is 144 cm³/mol. The van der Waals surface area contributed by atoms with Gasteiger partial charge >= 0.3 is 0 Å². The molecule has 1 aliphatic heterocycles. The molecular formula is C29H39N2O7+. The number of methoxy groups -OCH3 is 3. The number of ketones is 1. The fraction of sp³-hybridized carbons (Fsp3) is 0.448. The summed E-state index contributed by atoms with van der Waals surface area (Å²) in [5.41, 5.74) is 1.80. The van der Waals surface area contributed by atoms with Crippen LogP contribution in [0.25, 0.3) is 5.76 Å². The molecule has 0 aliphatic carbocycles. The lowest BCUT2D eigenvalue weighted by Gasteiger charge is -2.26. The van der Waals surface area contributed by atoms with E-state index in [1.165, 1.54) is 26.2 Å². The average Bonchev–Trinajstić information content (AvgIpc) is 3.14. The number of aliphatic hydroxyl groups excluding tert-OH is 1. The maximum Gasteiger partial charge on any atom is 0.295 e. The SMILES string of the molecule is COc1cc(C2C(=C(O)c3ccc(OCC(C)C)c(C)c3)C(=O)C(=O)N2CC[NH+](C)C)cc(OC)c1OC. The molecule has 38 heavy (non-hydrogen) atoms. The summed E-state index contributed by atoms with van der Waals surface area (Å²) in [6.45, 7) is 7.49. The van der Waals surface area contributed by atoms with E-state index in [0.29, 0.717) is 59.7 Å². The molecule has 1 fully saturated rings. The molecule has 2 aromatic rings. The molecule has 1 unspecified atom stereocenters. The third-order valence-electron chi connectivity index (χ3n) is 6.42. The smallest absolute Gasteiger partial charge is 0.295 e. The molecule has 1 saturated heterocycles. The van der Waals surface area contributed by atoms with Crippen molar-refractivity contribution in [3.63, 3.8) is 0 Å². The van der Waals surface area contributed by atoms with Crippen LogP contribution in [0.5, 0.6) is 23.0 Å². The van der Waals surface area contributed by atoms with Gasteiger partial charge in [0, 0.05) is 5.56 Å². The fourth-order valence-corrected chi connectivity index (χ4v) is 4.43. The van der Waals surface area contributed by atoms with Gasteiger partial charge in [-0.15, -0.1) is 0 Å². The summed E-state index contributed by atoms with van der Waals surface area (Å²) in [7, 11) is 8.44. The lowest BCUT2D eigenvalue weighted by Crippen LogP contribution is -3.06. The molecule has 9 heteroatoms. The molecule has 0 bridgehead atoms. The topological polar surface area (TPSA) is 99.0 Å². The minimum absolute atomic E-state index is 0.00766. The van der Waals surface area contributed by atoms with E-state index in [1.54, 1.807) is 30.3 Å². The lowest BCUT2D eigenvalue weighted by atomic mass is 9.94. The van der Waals surface area contributed by atoms with Crippen LogP contribution < -0.4 is 23.8 Å². The Morgan fingerprint density at radius 3 is 2.13 bits per heavy atom. The van der Waals surface area contributed by atoms with Crippen molar-refractivity contribution in [2.24, 2.45) is 5.92 Å². The number of benzene rings is 2. The Morgan fingerprint density at radius 2 is 1.63 bits per heavy atom. The van der Waals surface area contributed by atoms with Crippen LogP contribution in [-0.2, 0) is 9.59 Å². The highest BCUT2D eigenvalue weighted by Crippen LogP contribution is 2.45. The minimum Gasteiger partial charge on any atom is -0.507 e. The van der Waals surface area contributed by atoms with Gasteiger partial charge in [-0.25, -0.2) is 0 Å². The number of likely N-dealkylation sites (N-methyl/N-ethyl adjacent to an activating group) is 1. The largest absolute Gasteiger partial charge is 0.507 e. The first-order chi connectivity index (χ1) is 18.0. The highest BCUT2D eigenvalue weighted by Gasteiger charge is 2.46. The second-order valence-corrected chi connectivity index (χ2v) is 10.1. The summed E-state index contributed by atoms with van der Waals surface area (Å²) < 4.78 is 22.4. The van der Waals surface area contributed by atoms with Gasteiger partial charge in [-0.2, -0.15) is 0 Å². The summed E-state index contributed by atoms with van der Waals surface area (Å²) in [5, 5.41) is 11.5. The van der Waals surface area contributed by atoms with E-state index in [9.17, 15) is 14.7 Å². The van der Waals surface area contributed by atoms with E-state index < -0.39 is 17.7 Å². The number of aryl methyl sites for hydroxylation is 1. The quantitative estimate of drug-likeness (QED) is 0.263. The van der Waals surface area contributed by atoms with Gasteiger partial charge in [0.15, 0.2) is 11.5 Å². The van der Waals surface area contributed by atoms with Crippen molar-refractivity contribution in [2.75, 3.05) is 55.1 Å². The Bertz CT molecular complexity index is 1190. The Balaban J connectivity index is 2.19. The molecule has 0 aromatic heterocycles. The molecule has 0 spiro atoms. The van der Waals surface area contributed by atoms with Crippen molar-refractivity contribution in [2.45, 2.75) is 26.8 Å².